The van der Waals surface area contributed by atoms with Gasteiger partial charge >= 0.3 is 0 Å². The molecule has 1 fully saturated rings. The summed E-state index contributed by atoms with van der Waals surface area (Å²) >= 11 is 11.5. The molecule has 18 heavy (non-hydrogen) atoms. The van der Waals surface area contributed by atoms with E-state index in [1.54, 1.807) is 12.1 Å². The van der Waals surface area contributed by atoms with E-state index >= 15 is 0 Å². The molecule has 1 amide bonds. The first kappa shape index (κ1) is 13.6. The number of nitrogens with zero attached hydrogens (tertiary/aromatic N) is 2. The minimum absolute atomic E-state index is 0.00839. The molecule has 1 unspecified atom stereocenters. The molecule has 0 N–H and O–H groups in total. The fourth-order valence-corrected chi connectivity index (χ4v) is 2.72. The van der Waals surface area contributed by atoms with Crippen LogP contribution in [0.3, 0.4) is 0 Å². The second kappa shape index (κ2) is 6.39. The zero-order chi connectivity index (χ0) is 13.0. The van der Waals surface area contributed by atoms with E-state index in [-0.39, 0.29) is 5.91 Å². The average Bonchev–Trinajstić information content (AvgIpc) is 2.39. The van der Waals surface area contributed by atoms with Crippen LogP contribution in [0.1, 0.15) is 29.8 Å². The molecular formula is C13H16Cl2N2O. The van der Waals surface area contributed by atoms with Crippen LogP contribution in [0.5, 0.6) is 0 Å². The largest absolute Gasteiger partial charge is 0.337 e. The summed E-state index contributed by atoms with van der Waals surface area (Å²) < 4.78 is 0. The van der Waals surface area contributed by atoms with Gasteiger partial charge in [-0.1, -0.05) is 11.6 Å². The zero-order valence-corrected chi connectivity index (χ0v) is 11.6. The second-order valence-electron chi connectivity index (χ2n) is 4.60. The van der Waals surface area contributed by atoms with Crippen LogP contribution >= 0.6 is 23.2 Å². The lowest BCUT2D eigenvalue weighted by molar-refractivity contribution is 0.0665. The van der Waals surface area contributed by atoms with Crippen molar-refractivity contribution in [3.63, 3.8) is 0 Å². The van der Waals surface area contributed by atoms with Gasteiger partial charge in [0, 0.05) is 25.2 Å². The maximum Gasteiger partial charge on any atom is 0.272 e. The second-order valence-corrected chi connectivity index (χ2v) is 5.41. The van der Waals surface area contributed by atoms with Gasteiger partial charge in [-0.25, -0.2) is 4.98 Å². The Morgan fingerprint density at radius 2 is 2.33 bits per heavy atom. The van der Waals surface area contributed by atoms with E-state index in [0.717, 1.165) is 32.4 Å². The lowest BCUT2D eigenvalue weighted by atomic mass is 9.95. The number of aromatic nitrogens is 1. The maximum absolute atomic E-state index is 12.2. The third kappa shape index (κ3) is 3.36. The molecular weight excluding hydrogens is 271 g/mol. The lowest BCUT2D eigenvalue weighted by Gasteiger charge is -2.32. The Bertz CT molecular complexity index is 406. The van der Waals surface area contributed by atoms with E-state index in [2.05, 4.69) is 4.98 Å². The number of pyridine rings is 1. The summed E-state index contributed by atoms with van der Waals surface area (Å²) in [6, 6.07) is 3.37. The van der Waals surface area contributed by atoms with Crippen LogP contribution < -0.4 is 0 Å². The summed E-state index contributed by atoms with van der Waals surface area (Å²) in [5, 5.41) is 0.546. The van der Waals surface area contributed by atoms with Gasteiger partial charge in [0.1, 0.15) is 5.69 Å². The van der Waals surface area contributed by atoms with Gasteiger partial charge in [0.15, 0.2) is 0 Å². The number of likely N-dealkylation sites (tertiary alicyclic amines) is 1. The van der Waals surface area contributed by atoms with Crippen LogP contribution in [-0.2, 0) is 0 Å². The number of carbonyl (C=O) groups excluding carboxylic acids is 1. The Morgan fingerprint density at radius 3 is 3.00 bits per heavy atom. The molecule has 0 aliphatic carbocycles. The highest BCUT2D eigenvalue weighted by molar-refractivity contribution is 6.30. The van der Waals surface area contributed by atoms with E-state index in [1.807, 2.05) is 4.90 Å². The Morgan fingerprint density at radius 1 is 1.50 bits per heavy atom. The van der Waals surface area contributed by atoms with Crippen LogP contribution in [0, 0.1) is 5.92 Å². The van der Waals surface area contributed by atoms with Crippen molar-refractivity contribution in [1.82, 2.24) is 9.88 Å². The molecule has 1 aromatic rings. The first-order valence-electron chi connectivity index (χ1n) is 6.17. The monoisotopic (exact) mass is 286 g/mol. The fourth-order valence-electron chi connectivity index (χ4n) is 2.30. The van der Waals surface area contributed by atoms with Crippen LogP contribution in [0.25, 0.3) is 0 Å². The van der Waals surface area contributed by atoms with Gasteiger partial charge in [-0.05, 0) is 37.3 Å². The van der Waals surface area contributed by atoms with Gasteiger partial charge in [0.25, 0.3) is 5.91 Å². The van der Waals surface area contributed by atoms with Crippen LogP contribution in [0.2, 0.25) is 5.02 Å². The predicted molar refractivity (Wildman–Crippen MR) is 73.2 cm³/mol. The van der Waals surface area contributed by atoms with Crippen LogP contribution in [0.4, 0.5) is 0 Å². The van der Waals surface area contributed by atoms with Crippen molar-refractivity contribution in [3.05, 3.63) is 29.0 Å². The van der Waals surface area contributed by atoms with Crippen molar-refractivity contribution >= 4 is 29.1 Å². The summed E-state index contributed by atoms with van der Waals surface area (Å²) in [6.45, 7) is 1.60. The average molecular weight is 287 g/mol. The summed E-state index contributed by atoms with van der Waals surface area (Å²) in [6.07, 6.45) is 4.68. The van der Waals surface area contributed by atoms with Crippen molar-refractivity contribution in [3.8, 4) is 0 Å². The Labute approximate surface area is 117 Å². The van der Waals surface area contributed by atoms with Crippen molar-refractivity contribution in [2.45, 2.75) is 19.3 Å². The van der Waals surface area contributed by atoms with Gasteiger partial charge in [-0.15, -0.1) is 11.6 Å². The third-order valence-corrected chi connectivity index (χ3v) is 3.71. The van der Waals surface area contributed by atoms with Crippen molar-refractivity contribution in [1.29, 1.82) is 0 Å². The number of amides is 1. The van der Waals surface area contributed by atoms with E-state index in [1.165, 1.54) is 6.20 Å². The molecule has 2 rings (SSSR count). The smallest absolute Gasteiger partial charge is 0.272 e. The molecule has 1 saturated heterocycles. The molecule has 1 atom stereocenters. The van der Waals surface area contributed by atoms with Gasteiger partial charge in [0.05, 0.1) is 5.02 Å². The van der Waals surface area contributed by atoms with E-state index in [4.69, 9.17) is 23.2 Å². The summed E-state index contributed by atoms with van der Waals surface area (Å²) in [7, 11) is 0. The Hall–Kier alpha value is -0.800. The molecule has 1 aliphatic rings. The number of alkyl halides is 1. The minimum atomic E-state index is -0.00839. The highest BCUT2D eigenvalue weighted by Gasteiger charge is 2.24. The van der Waals surface area contributed by atoms with Crippen molar-refractivity contribution < 1.29 is 4.79 Å². The Balaban J connectivity index is 2.02. The normalized spacial score (nSPS) is 19.9. The maximum atomic E-state index is 12.2. The first-order chi connectivity index (χ1) is 8.70. The molecule has 1 aliphatic heterocycles. The number of piperidine rings is 1. The van der Waals surface area contributed by atoms with E-state index < -0.39 is 0 Å². The molecule has 0 bridgehead atoms. The fraction of sp³-hybridized carbons (Fsp3) is 0.538. The lowest BCUT2D eigenvalue weighted by Crippen LogP contribution is -2.40. The van der Waals surface area contributed by atoms with E-state index in [9.17, 15) is 4.79 Å². The molecule has 0 aromatic carbocycles. The van der Waals surface area contributed by atoms with Crippen LogP contribution in [0.15, 0.2) is 18.3 Å². The third-order valence-electron chi connectivity index (χ3n) is 3.27. The molecule has 0 radical (unpaired) electrons. The quantitative estimate of drug-likeness (QED) is 0.800. The zero-order valence-electron chi connectivity index (χ0n) is 10.1. The van der Waals surface area contributed by atoms with Gasteiger partial charge in [-0.2, -0.15) is 0 Å². The van der Waals surface area contributed by atoms with E-state index in [0.29, 0.717) is 22.5 Å². The van der Waals surface area contributed by atoms with Crippen molar-refractivity contribution in [2.24, 2.45) is 5.92 Å². The Kier molecular flexibility index (Phi) is 4.84. The number of rotatable bonds is 3. The minimum Gasteiger partial charge on any atom is -0.337 e. The molecule has 0 saturated carbocycles. The van der Waals surface area contributed by atoms with Crippen molar-refractivity contribution in [2.75, 3.05) is 19.0 Å². The molecule has 1 aromatic heterocycles. The highest BCUT2D eigenvalue weighted by Crippen LogP contribution is 2.21. The van der Waals surface area contributed by atoms with Gasteiger partial charge in [-0.3, -0.25) is 4.79 Å². The first-order valence-corrected chi connectivity index (χ1v) is 7.08. The summed E-state index contributed by atoms with van der Waals surface area (Å²) in [5.74, 6) is 1.17. The molecule has 3 nitrogen and oxygen atoms in total. The molecule has 5 heteroatoms. The number of halogens is 2. The SMILES string of the molecule is O=C(c1ccc(Cl)cn1)N1CCCC(CCCl)C1. The van der Waals surface area contributed by atoms with Crippen LogP contribution in [-0.4, -0.2) is 34.8 Å². The standard InChI is InChI=1S/C13H16Cl2N2O/c14-6-5-10-2-1-7-17(9-10)13(18)12-4-3-11(15)8-16-12/h3-4,8,10H,1-2,5-7,9H2. The predicted octanol–water partition coefficient (Wildman–Crippen LogP) is 3.22. The summed E-state index contributed by atoms with van der Waals surface area (Å²) in [5.41, 5.74) is 0.464. The number of hydrogen-bond acceptors (Lipinski definition) is 2. The van der Waals surface area contributed by atoms with Gasteiger partial charge in [0.2, 0.25) is 0 Å². The molecule has 0 spiro atoms. The molecule has 2 heterocycles. The summed E-state index contributed by atoms with van der Waals surface area (Å²) in [4.78, 5) is 18.2. The highest BCUT2D eigenvalue weighted by atomic mass is 35.5. The number of carbonyl (C=O) groups is 1. The molecule has 98 valence electrons. The van der Waals surface area contributed by atoms with Gasteiger partial charge < -0.3 is 4.90 Å². The number of hydrogen-bond donors (Lipinski definition) is 0. The topological polar surface area (TPSA) is 33.2 Å².